The third-order valence-corrected chi connectivity index (χ3v) is 5.36. The molecule has 0 radical (unpaired) electrons. The molecule has 35 heavy (non-hydrogen) atoms. The van der Waals surface area contributed by atoms with Crippen molar-refractivity contribution in [2.45, 2.75) is 19.9 Å². The summed E-state index contributed by atoms with van der Waals surface area (Å²) in [6.45, 7) is 3.43. The highest BCUT2D eigenvalue weighted by Gasteiger charge is 2.19. The number of rotatable bonds is 8. The maximum absolute atomic E-state index is 12.3. The van der Waals surface area contributed by atoms with Crippen LogP contribution >= 0.6 is 0 Å². The van der Waals surface area contributed by atoms with Crippen LogP contribution in [0.4, 0.5) is 17.5 Å². The maximum Gasteiger partial charge on any atom is 0.253 e. The van der Waals surface area contributed by atoms with Crippen LogP contribution in [0.5, 0.6) is 0 Å². The Morgan fingerprint density at radius 2 is 1.89 bits per heavy atom. The number of nitrogens with one attached hydrogen (secondary N) is 2. The molecule has 3 N–H and O–H groups in total. The summed E-state index contributed by atoms with van der Waals surface area (Å²) in [4.78, 5) is 22.9. The number of aliphatic hydroxyl groups is 1. The van der Waals surface area contributed by atoms with Gasteiger partial charge in [-0.05, 0) is 36.2 Å². The number of nitrogens with zero attached hydrogens (tertiary/aromatic N) is 5. The number of hydrogen-bond donors (Lipinski definition) is 3. The van der Waals surface area contributed by atoms with E-state index in [0.29, 0.717) is 28.8 Å². The lowest BCUT2D eigenvalue weighted by Gasteiger charge is -2.19. The van der Waals surface area contributed by atoms with Crippen LogP contribution in [0.2, 0.25) is 0 Å². The quantitative estimate of drug-likeness (QED) is 0.350. The summed E-state index contributed by atoms with van der Waals surface area (Å²) < 4.78 is 5.60. The van der Waals surface area contributed by atoms with Gasteiger partial charge in [-0.3, -0.25) is 4.79 Å². The molecule has 0 fully saturated rings. The molecule has 0 aliphatic rings. The molecule has 0 saturated carbocycles. The van der Waals surface area contributed by atoms with Gasteiger partial charge < -0.3 is 25.1 Å². The molecule has 2 aromatic carbocycles. The largest absolute Gasteiger partial charge is 0.421 e. The fourth-order valence-corrected chi connectivity index (χ4v) is 3.55. The predicted molar refractivity (Wildman–Crippen MR) is 132 cm³/mol. The number of aliphatic hydroxyl groups excluding tert-OH is 1. The van der Waals surface area contributed by atoms with E-state index >= 15 is 0 Å². The highest BCUT2D eigenvalue weighted by atomic mass is 16.4. The molecule has 2 aromatic heterocycles. The Balaban J connectivity index is 1.66. The Morgan fingerprint density at radius 3 is 2.51 bits per heavy atom. The van der Waals surface area contributed by atoms with Gasteiger partial charge in [-0.25, -0.2) is 4.98 Å². The Hall–Kier alpha value is -4.31. The van der Waals surface area contributed by atoms with E-state index in [1.807, 2.05) is 43.3 Å². The van der Waals surface area contributed by atoms with Gasteiger partial charge >= 0.3 is 0 Å². The van der Waals surface area contributed by atoms with Crippen LogP contribution in [0.3, 0.4) is 0 Å². The van der Waals surface area contributed by atoms with Gasteiger partial charge in [0.15, 0.2) is 0 Å². The fraction of sp³-hybridized carbons (Fsp3) is 0.240. The molecule has 0 bridgehead atoms. The molecule has 10 nitrogen and oxygen atoms in total. The number of amides is 1. The number of carbonyl (C=O) groups excluding carboxylic acids is 1. The lowest BCUT2D eigenvalue weighted by atomic mass is 10.1. The number of hydrogen-bond acceptors (Lipinski definition) is 9. The number of aryl methyl sites for hydroxylation is 2. The molecule has 2 heterocycles. The van der Waals surface area contributed by atoms with Crippen molar-refractivity contribution in [1.29, 1.82) is 0 Å². The monoisotopic (exact) mass is 473 g/mol. The summed E-state index contributed by atoms with van der Waals surface area (Å²) in [5.74, 6) is 1.36. The number of aromatic nitrogens is 4. The molecule has 4 rings (SSSR count). The normalized spacial score (nSPS) is 11.7. The minimum atomic E-state index is -0.416. The van der Waals surface area contributed by atoms with Crippen LogP contribution < -0.4 is 10.6 Å². The first kappa shape index (κ1) is 23.8. The lowest BCUT2D eigenvalue weighted by molar-refractivity contribution is 0.0827. The van der Waals surface area contributed by atoms with E-state index in [1.165, 1.54) is 0 Å². The molecule has 4 aromatic rings. The molecule has 10 heteroatoms. The van der Waals surface area contributed by atoms with Crippen molar-refractivity contribution in [2.24, 2.45) is 0 Å². The summed E-state index contributed by atoms with van der Waals surface area (Å²) in [6, 6.07) is 14.6. The van der Waals surface area contributed by atoms with Crippen molar-refractivity contribution in [3.63, 3.8) is 0 Å². The van der Waals surface area contributed by atoms with Gasteiger partial charge in [0.1, 0.15) is 5.82 Å². The molecule has 0 unspecified atom stereocenters. The van der Waals surface area contributed by atoms with E-state index in [0.717, 1.165) is 16.8 Å². The minimum absolute atomic E-state index is 0.0630. The smallest absolute Gasteiger partial charge is 0.253 e. The van der Waals surface area contributed by atoms with Gasteiger partial charge in [0, 0.05) is 38.5 Å². The first-order chi connectivity index (χ1) is 16.9. The van der Waals surface area contributed by atoms with Gasteiger partial charge in [-0.15, -0.1) is 10.2 Å². The Kier molecular flexibility index (Phi) is 7.02. The van der Waals surface area contributed by atoms with Crippen LogP contribution in [0.25, 0.3) is 11.5 Å². The zero-order valence-electron chi connectivity index (χ0n) is 20.0. The molecule has 1 amide bonds. The van der Waals surface area contributed by atoms with Crippen molar-refractivity contribution in [3.05, 3.63) is 77.3 Å². The summed E-state index contributed by atoms with van der Waals surface area (Å²) in [5.41, 5.74) is 3.59. The first-order valence-electron chi connectivity index (χ1n) is 11.0. The van der Waals surface area contributed by atoms with Gasteiger partial charge in [-0.1, -0.05) is 30.3 Å². The number of carbonyl (C=O) groups is 1. The summed E-state index contributed by atoms with van der Waals surface area (Å²) >= 11 is 0. The Morgan fingerprint density at radius 1 is 1.11 bits per heavy atom. The molecule has 1 atom stereocenters. The highest BCUT2D eigenvalue weighted by Crippen LogP contribution is 2.30. The molecular formula is C25H27N7O3. The maximum atomic E-state index is 12.3. The van der Waals surface area contributed by atoms with Crippen LogP contribution in [0, 0.1) is 13.8 Å². The second-order valence-corrected chi connectivity index (χ2v) is 8.23. The standard InChI is InChI=1S/C25H27N7O3/c1-15-12-18(10-11-19(15)24(34)32(3)4)27-25-26-13-20(23-31-30-16(2)35-23)22(29-25)28-21(14-33)17-8-6-5-7-9-17/h5-13,21,33H,14H2,1-4H3,(H2,26,27,28,29)/t21-/m1/s1. The molecule has 180 valence electrons. The number of benzene rings is 2. The second-order valence-electron chi connectivity index (χ2n) is 8.23. The first-order valence-corrected chi connectivity index (χ1v) is 11.0. The van der Waals surface area contributed by atoms with Crippen molar-refractivity contribution in [1.82, 2.24) is 25.1 Å². The van der Waals surface area contributed by atoms with Gasteiger partial charge in [0.2, 0.25) is 11.8 Å². The average molecular weight is 474 g/mol. The highest BCUT2D eigenvalue weighted by molar-refractivity contribution is 5.95. The molecular weight excluding hydrogens is 446 g/mol. The van der Waals surface area contributed by atoms with Crippen molar-refractivity contribution >= 4 is 23.4 Å². The molecule has 0 saturated heterocycles. The van der Waals surface area contributed by atoms with Crippen molar-refractivity contribution in [2.75, 3.05) is 31.3 Å². The van der Waals surface area contributed by atoms with Gasteiger partial charge in [-0.2, -0.15) is 4.98 Å². The van der Waals surface area contributed by atoms with E-state index in [2.05, 4.69) is 30.8 Å². The molecule has 0 aliphatic carbocycles. The fourth-order valence-electron chi connectivity index (χ4n) is 3.55. The summed E-state index contributed by atoms with van der Waals surface area (Å²) in [6.07, 6.45) is 1.58. The molecule has 0 aliphatic heterocycles. The van der Waals surface area contributed by atoms with Gasteiger partial charge in [0.25, 0.3) is 11.8 Å². The van der Waals surface area contributed by atoms with Crippen molar-refractivity contribution < 1.29 is 14.3 Å². The Bertz CT molecular complexity index is 1320. The van der Waals surface area contributed by atoms with E-state index in [-0.39, 0.29) is 18.4 Å². The lowest BCUT2D eigenvalue weighted by Crippen LogP contribution is -2.22. The topological polar surface area (TPSA) is 129 Å². The summed E-state index contributed by atoms with van der Waals surface area (Å²) in [5, 5.41) is 24.5. The summed E-state index contributed by atoms with van der Waals surface area (Å²) in [7, 11) is 3.44. The third-order valence-electron chi connectivity index (χ3n) is 5.36. The van der Waals surface area contributed by atoms with Crippen LogP contribution in [-0.4, -0.2) is 56.8 Å². The van der Waals surface area contributed by atoms with Crippen LogP contribution in [0.1, 0.15) is 33.4 Å². The third kappa shape index (κ3) is 5.44. The minimum Gasteiger partial charge on any atom is -0.421 e. The predicted octanol–water partition coefficient (Wildman–Crippen LogP) is 3.73. The zero-order chi connectivity index (χ0) is 24.9. The Labute approximate surface area is 203 Å². The van der Waals surface area contributed by atoms with Crippen LogP contribution in [0.15, 0.2) is 59.1 Å². The van der Waals surface area contributed by atoms with E-state index in [4.69, 9.17) is 4.42 Å². The molecule has 0 spiro atoms. The van der Waals surface area contributed by atoms with E-state index in [9.17, 15) is 9.90 Å². The zero-order valence-corrected chi connectivity index (χ0v) is 20.0. The average Bonchev–Trinajstić information content (AvgIpc) is 3.28. The SMILES string of the molecule is Cc1nnc(-c2cnc(Nc3ccc(C(=O)N(C)C)c(C)c3)nc2N[C@H](CO)c2ccccc2)o1. The second kappa shape index (κ2) is 10.3. The van der Waals surface area contributed by atoms with E-state index in [1.54, 1.807) is 44.2 Å². The number of anilines is 3. The van der Waals surface area contributed by atoms with Gasteiger partial charge in [0.05, 0.1) is 18.2 Å². The van der Waals surface area contributed by atoms with Crippen molar-refractivity contribution in [3.8, 4) is 11.5 Å². The van der Waals surface area contributed by atoms with E-state index < -0.39 is 6.04 Å². The van der Waals surface area contributed by atoms with Crippen LogP contribution in [-0.2, 0) is 0 Å².